The fourth-order valence-electron chi connectivity index (χ4n) is 3.95. The van der Waals surface area contributed by atoms with Gasteiger partial charge in [-0.2, -0.15) is 0 Å². The molecule has 2 rings (SSSR count). The maximum Gasteiger partial charge on any atom is 0.305 e. The predicted octanol–water partition coefficient (Wildman–Crippen LogP) is 3.15. The van der Waals surface area contributed by atoms with Gasteiger partial charge in [-0.3, -0.25) is 4.79 Å². The summed E-state index contributed by atoms with van der Waals surface area (Å²) >= 11 is 0. The average molecular weight is 461 g/mol. The molecule has 0 aromatic rings. The SMILES string of the molecule is O=C(CCCCC1CCCCC1)OCC1COCCOCCOCCOCCOCCO1. The van der Waals surface area contributed by atoms with E-state index in [-0.39, 0.29) is 18.7 Å². The first-order valence-corrected chi connectivity index (χ1v) is 12.5. The zero-order valence-electron chi connectivity index (χ0n) is 19.8. The first-order valence-electron chi connectivity index (χ1n) is 12.5. The highest BCUT2D eigenvalue weighted by Gasteiger charge is 2.15. The van der Waals surface area contributed by atoms with Gasteiger partial charge in [0.25, 0.3) is 0 Å². The van der Waals surface area contributed by atoms with Crippen molar-refractivity contribution in [3.63, 3.8) is 0 Å². The van der Waals surface area contributed by atoms with Crippen molar-refractivity contribution in [1.29, 1.82) is 0 Å². The topological polar surface area (TPSA) is 81.7 Å². The van der Waals surface area contributed by atoms with Crippen molar-refractivity contribution in [2.75, 3.05) is 79.3 Å². The van der Waals surface area contributed by atoms with Gasteiger partial charge in [-0.05, 0) is 12.3 Å². The summed E-state index contributed by atoms with van der Waals surface area (Å²) in [6, 6.07) is 0. The minimum atomic E-state index is -0.316. The molecule has 0 aromatic heterocycles. The lowest BCUT2D eigenvalue weighted by molar-refractivity contribution is -0.151. The number of rotatable bonds is 7. The molecule has 1 heterocycles. The van der Waals surface area contributed by atoms with Gasteiger partial charge in [0.15, 0.2) is 0 Å². The molecule has 2 fully saturated rings. The number of carbonyl (C=O) groups excluding carboxylic acids is 1. The molecule has 0 bridgehead atoms. The van der Waals surface area contributed by atoms with E-state index in [0.29, 0.717) is 79.1 Å². The van der Waals surface area contributed by atoms with Gasteiger partial charge in [-0.1, -0.05) is 44.9 Å². The third-order valence-electron chi connectivity index (χ3n) is 5.77. The molecule has 0 radical (unpaired) electrons. The molecule has 8 heteroatoms. The van der Waals surface area contributed by atoms with Crippen molar-refractivity contribution in [3.8, 4) is 0 Å². The molecule has 1 atom stereocenters. The van der Waals surface area contributed by atoms with E-state index >= 15 is 0 Å². The van der Waals surface area contributed by atoms with E-state index in [9.17, 15) is 4.79 Å². The summed E-state index contributed by atoms with van der Waals surface area (Å²) in [6.45, 7) is 5.49. The first-order chi connectivity index (χ1) is 15.8. The Morgan fingerprint density at radius 2 is 1.25 bits per heavy atom. The van der Waals surface area contributed by atoms with Crippen LogP contribution in [0.25, 0.3) is 0 Å². The second-order valence-corrected chi connectivity index (χ2v) is 8.45. The molecule has 0 N–H and O–H groups in total. The van der Waals surface area contributed by atoms with Crippen LogP contribution in [0.3, 0.4) is 0 Å². The molecular weight excluding hydrogens is 416 g/mol. The van der Waals surface area contributed by atoms with Crippen LogP contribution in [0.2, 0.25) is 0 Å². The van der Waals surface area contributed by atoms with Crippen LogP contribution >= 0.6 is 0 Å². The Hall–Kier alpha value is -0.770. The van der Waals surface area contributed by atoms with Crippen LogP contribution in [0.4, 0.5) is 0 Å². The maximum atomic E-state index is 12.1. The fourth-order valence-corrected chi connectivity index (χ4v) is 3.95. The van der Waals surface area contributed by atoms with Gasteiger partial charge in [0.05, 0.1) is 72.7 Å². The Kier molecular flexibility index (Phi) is 16.9. The van der Waals surface area contributed by atoms with E-state index in [1.807, 2.05) is 0 Å². The van der Waals surface area contributed by atoms with E-state index in [1.54, 1.807) is 0 Å². The average Bonchev–Trinajstić information content (AvgIpc) is 2.81. The molecule has 1 aliphatic carbocycles. The Balaban J connectivity index is 1.58. The van der Waals surface area contributed by atoms with Gasteiger partial charge < -0.3 is 33.2 Å². The highest BCUT2D eigenvalue weighted by Crippen LogP contribution is 2.27. The van der Waals surface area contributed by atoms with Crippen LogP contribution in [0, 0.1) is 5.92 Å². The summed E-state index contributed by atoms with van der Waals surface area (Å²) in [5, 5.41) is 0. The zero-order chi connectivity index (χ0) is 22.5. The lowest BCUT2D eigenvalue weighted by Crippen LogP contribution is -2.29. The van der Waals surface area contributed by atoms with Crippen molar-refractivity contribution in [3.05, 3.63) is 0 Å². The quantitative estimate of drug-likeness (QED) is 0.423. The second-order valence-electron chi connectivity index (χ2n) is 8.45. The van der Waals surface area contributed by atoms with Crippen LogP contribution in [-0.2, 0) is 38.0 Å². The van der Waals surface area contributed by atoms with Crippen LogP contribution in [0.15, 0.2) is 0 Å². The Morgan fingerprint density at radius 3 is 1.88 bits per heavy atom. The van der Waals surface area contributed by atoms with E-state index in [4.69, 9.17) is 33.2 Å². The highest BCUT2D eigenvalue weighted by atomic mass is 16.6. The monoisotopic (exact) mass is 460 g/mol. The molecule has 1 aliphatic heterocycles. The molecular formula is C24H44O8. The summed E-state index contributed by atoms with van der Waals surface area (Å²) in [7, 11) is 0. The van der Waals surface area contributed by atoms with Gasteiger partial charge in [0, 0.05) is 6.42 Å². The first kappa shape index (κ1) is 27.5. The number of hydrogen-bond donors (Lipinski definition) is 0. The van der Waals surface area contributed by atoms with Gasteiger partial charge in [-0.15, -0.1) is 0 Å². The Morgan fingerprint density at radius 1 is 0.688 bits per heavy atom. The number of esters is 1. The number of carbonyl (C=O) groups is 1. The molecule has 8 nitrogen and oxygen atoms in total. The lowest BCUT2D eigenvalue weighted by Gasteiger charge is -2.21. The van der Waals surface area contributed by atoms with Crippen molar-refractivity contribution < 1.29 is 38.0 Å². The van der Waals surface area contributed by atoms with Gasteiger partial charge in [0.1, 0.15) is 12.7 Å². The van der Waals surface area contributed by atoms with Crippen LogP contribution < -0.4 is 0 Å². The normalized spacial score (nSPS) is 24.3. The predicted molar refractivity (Wildman–Crippen MR) is 120 cm³/mol. The molecule has 0 amide bonds. The minimum Gasteiger partial charge on any atom is -0.463 e. The number of unbranched alkanes of at least 4 members (excludes halogenated alkanes) is 1. The largest absolute Gasteiger partial charge is 0.463 e. The number of hydrogen-bond acceptors (Lipinski definition) is 8. The molecule has 188 valence electrons. The van der Waals surface area contributed by atoms with Gasteiger partial charge >= 0.3 is 5.97 Å². The molecule has 2 aliphatic rings. The second kappa shape index (κ2) is 19.7. The molecule has 32 heavy (non-hydrogen) atoms. The van der Waals surface area contributed by atoms with Crippen molar-refractivity contribution >= 4 is 5.97 Å². The van der Waals surface area contributed by atoms with Crippen LogP contribution in [-0.4, -0.2) is 91.4 Å². The number of ether oxygens (including phenoxy) is 7. The molecule has 1 saturated heterocycles. The fraction of sp³-hybridized carbons (Fsp3) is 0.958. The van der Waals surface area contributed by atoms with Crippen LogP contribution in [0.1, 0.15) is 57.8 Å². The summed E-state index contributed by atoms with van der Waals surface area (Å²) in [4.78, 5) is 12.1. The highest BCUT2D eigenvalue weighted by molar-refractivity contribution is 5.69. The third-order valence-corrected chi connectivity index (χ3v) is 5.77. The lowest BCUT2D eigenvalue weighted by atomic mass is 9.86. The maximum absolute atomic E-state index is 12.1. The Labute approximate surface area is 193 Å². The Bertz CT molecular complexity index is 424. The van der Waals surface area contributed by atoms with E-state index < -0.39 is 0 Å². The molecule has 0 aromatic carbocycles. The van der Waals surface area contributed by atoms with Crippen molar-refractivity contribution in [2.45, 2.75) is 63.9 Å². The minimum absolute atomic E-state index is 0.159. The van der Waals surface area contributed by atoms with Gasteiger partial charge in [0.2, 0.25) is 0 Å². The summed E-state index contributed by atoms with van der Waals surface area (Å²) in [6.07, 6.45) is 10.2. The molecule has 1 saturated carbocycles. The summed E-state index contributed by atoms with van der Waals surface area (Å²) < 4.78 is 38.7. The van der Waals surface area contributed by atoms with E-state index in [1.165, 1.54) is 38.5 Å². The van der Waals surface area contributed by atoms with Crippen molar-refractivity contribution in [2.24, 2.45) is 5.92 Å². The van der Waals surface area contributed by atoms with E-state index in [2.05, 4.69) is 0 Å². The zero-order valence-corrected chi connectivity index (χ0v) is 19.8. The summed E-state index contributed by atoms with van der Waals surface area (Å²) in [5.41, 5.74) is 0. The molecule has 0 spiro atoms. The van der Waals surface area contributed by atoms with Gasteiger partial charge in [-0.25, -0.2) is 0 Å². The van der Waals surface area contributed by atoms with E-state index in [0.717, 1.165) is 18.8 Å². The third kappa shape index (κ3) is 15.1. The standard InChI is InChI=1S/C24H44O8/c25-24(9-5-4-8-22-6-2-1-3-7-22)32-21-23-20-30-17-16-28-13-12-26-10-11-27-14-15-29-18-19-31-23/h22-23H,1-21H2. The summed E-state index contributed by atoms with van der Waals surface area (Å²) in [5.74, 6) is 0.705. The smallest absolute Gasteiger partial charge is 0.305 e. The van der Waals surface area contributed by atoms with Crippen LogP contribution in [0.5, 0.6) is 0 Å². The van der Waals surface area contributed by atoms with Crippen molar-refractivity contribution in [1.82, 2.24) is 0 Å². The molecule has 1 unspecified atom stereocenters.